The van der Waals surface area contributed by atoms with Crippen LogP contribution in [0.5, 0.6) is 0 Å². The average Bonchev–Trinajstić information content (AvgIpc) is 2.72. The van der Waals surface area contributed by atoms with Gasteiger partial charge >= 0.3 is 0 Å². The topological polar surface area (TPSA) is 23.5 Å². The van der Waals surface area contributed by atoms with Gasteiger partial charge in [-0.05, 0) is 48.6 Å². The molecule has 0 radical (unpaired) electrons. The molecule has 21 heavy (non-hydrogen) atoms. The Morgan fingerprint density at radius 2 is 1.86 bits per heavy atom. The lowest BCUT2D eigenvalue weighted by Gasteiger charge is -2.23. The standard InChI is InChI=1S/C16H19F2NOS/c1-11-3-4-21-16(11)10-19(8-12(2)20)9-13-5-14(17)7-15(18)6-13/h3-7,12,20H,8-10H2,1-2H3. The molecular weight excluding hydrogens is 292 g/mol. The van der Waals surface area contributed by atoms with Crippen molar-refractivity contribution in [2.75, 3.05) is 6.54 Å². The first-order valence-electron chi connectivity index (χ1n) is 6.82. The van der Waals surface area contributed by atoms with Crippen LogP contribution in [0.1, 0.15) is 22.9 Å². The first-order valence-corrected chi connectivity index (χ1v) is 7.70. The maximum absolute atomic E-state index is 13.3. The minimum atomic E-state index is -0.575. The van der Waals surface area contributed by atoms with Crippen LogP contribution in [0, 0.1) is 18.6 Å². The van der Waals surface area contributed by atoms with Crippen LogP contribution < -0.4 is 0 Å². The molecule has 1 aromatic heterocycles. The molecule has 1 N–H and O–H groups in total. The molecule has 2 nitrogen and oxygen atoms in total. The van der Waals surface area contributed by atoms with Crippen molar-refractivity contribution in [3.05, 3.63) is 57.3 Å². The van der Waals surface area contributed by atoms with E-state index in [1.165, 1.54) is 22.6 Å². The second-order valence-corrected chi connectivity index (χ2v) is 6.32. The largest absolute Gasteiger partial charge is 0.392 e. The monoisotopic (exact) mass is 311 g/mol. The highest BCUT2D eigenvalue weighted by molar-refractivity contribution is 7.10. The average molecular weight is 311 g/mol. The van der Waals surface area contributed by atoms with E-state index < -0.39 is 17.7 Å². The van der Waals surface area contributed by atoms with Gasteiger partial charge in [0.1, 0.15) is 11.6 Å². The lowest BCUT2D eigenvalue weighted by atomic mass is 10.2. The van der Waals surface area contributed by atoms with Crippen molar-refractivity contribution < 1.29 is 13.9 Å². The third-order valence-corrected chi connectivity index (χ3v) is 4.19. The Kier molecular flexibility index (Phi) is 5.45. The summed E-state index contributed by atoms with van der Waals surface area (Å²) >= 11 is 1.65. The lowest BCUT2D eigenvalue weighted by Crippen LogP contribution is -2.30. The van der Waals surface area contributed by atoms with Gasteiger partial charge in [0.15, 0.2) is 0 Å². The zero-order valence-electron chi connectivity index (χ0n) is 12.1. The molecule has 2 rings (SSSR count). The number of halogens is 2. The predicted molar refractivity (Wildman–Crippen MR) is 81.2 cm³/mol. The number of aryl methyl sites for hydroxylation is 1. The molecule has 0 fully saturated rings. The number of nitrogens with zero attached hydrogens (tertiary/aromatic N) is 1. The molecule has 1 heterocycles. The van der Waals surface area contributed by atoms with E-state index >= 15 is 0 Å². The van der Waals surface area contributed by atoms with Gasteiger partial charge in [-0.3, -0.25) is 4.90 Å². The summed E-state index contributed by atoms with van der Waals surface area (Å²) in [5, 5.41) is 11.6. The molecule has 0 saturated heterocycles. The normalized spacial score (nSPS) is 12.9. The third kappa shape index (κ3) is 4.88. The van der Waals surface area contributed by atoms with E-state index in [-0.39, 0.29) is 0 Å². The molecule has 1 unspecified atom stereocenters. The van der Waals surface area contributed by atoms with Crippen molar-refractivity contribution in [1.82, 2.24) is 4.90 Å². The van der Waals surface area contributed by atoms with Gasteiger partial charge in [-0.2, -0.15) is 0 Å². The van der Waals surface area contributed by atoms with Gasteiger partial charge in [0.2, 0.25) is 0 Å². The van der Waals surface area contributed by atoms with Gasteiger partial charge in [-0.15, -0.1) is 11.3 Å². The summed E-state index contributed by atoms with van der Waals surface area (Å²) in [5.41, 5.74) is 1.77. The fourth-order valence-corrected chi connectivity index (χ4v) is 3.24. The van der Waals surface area contributed by atoms with Gasteiger partial charge < -0.3 is 5.11 Å². The Morgan fingerprint density at radius 1 is 1.19 bits per heavy atom. The summed E-state index contributed by atoms with van der Waals surface area (Å²) in [4.78, 5) is 3.20. The van der Waals surface area contributed by atoms with Crippen LogP contribution in [-0.2, 0) is 13.1 Å². The van der Waals surface area contributed by atoms with Gasteiger partial charge in [0, 0.05) is 30.6 Å². The Hall–Kier alpha value is -1.30. The fourth-order valence-electron chi connectivity index (χ4n) is 2.29. The van der Waals surface area contributed by atoms with Crippen LogP contribution in [0.4, 0.5) is 8.78 Å². The Morgan fingerprint density at radius 3 is 2.38 bits per heavy atom. The molecule has 1 atom stereocenters. The quantitative estimate of drug-likeness (QED) is 0.879. The van der Waals surface area contributed by atoms with Crippen LogP contribution in [0.25, 0.3) is 0 Å². The van der Waals surface area contributed by atoms with Gasteiger partial charge in [-0.25, -0.2) is 8.78 Å². The summed E-state index contributed by atoms with van der Waals surface area (Å²) in [6, 6.07) is 5.58. The second-order valence-electron chi connectivity index (χ2n) is 5.32. The second kappa shape index (κ2) is 7.11. The molecule has 5 heteroatoms. The highest BCUT2D eigenvalue weighted by Gasteiger charge is 2.13. The van der Waals surface area contributed by atoms with E-state index in [0.717, 1.165) is 6.07 Å². The number of hydrogen-bond acceptors (Lipinski definition) is 3. The number of thiophene rings is 1. The maximum atomic E-state index is 13.3. The summed E-state index contributed by atoms with van der Waals surface area (Å²) in [6.07, 6.45) is -0.497. The Bertz CT molecular complexity index is 577. The van der Waals surface area contributed by atoms with Crippen molar-refractivity contribution in [2.24, 2.45) is 0 Å². The Labute approximate surface area is 127 Å². The summed E-state index contributed by atoms with van der Waals surface area (Å²) < 4.78 is 26.6. The minimum absolute atomic E-state index is 0.400. The number of aliphatic hydroxyl groups excluding tert-OH is 1. The number of benzene rings is 1. The molecule has 0 aliphatic rings. The molecule has 114 valence electrons. The van der Waals surface area contributed by atoms with Crippen molar-refractivity contribution >= 4 is 11.3 Å². The fraction of sp³-hybridized carbons (Fsp3) is 0.375. The highest BCUT2D eigenvalue weighted by Crippen LogP contribution is 2.20. The third-order valence-electron chi connectivity index (χ3n) is 3.19. The predicted octanol–water partition coefficient (Wildman–Crippen LogP) is 3.72. The zero-order chi connectivity index (χ0) is 15.4. The van der Waals surface area contributed by atoms with E-state index in [0.29, 0.717) is 25.2 Å². The Balaban J connectivity index is 2.14. The molecule has 0 aliphatic heterocycles. The SMILES string of the molecule is Cc1ccsc1CN(Cc1cc(F)cc(F)c1)CC(C)O. The van der Waals surface area contributed by atoms with Crippen molar-refractivity contribution in [3.63, 3.8) is 0 Å². The van der Waals surface area contributed by atoms with Crippen LogP contribution in [-0.4, -0.2) is 22.7 Å². The van der Waals surface area contributed by atoms with Crippen molar-refractivity contribution in [1.29, 1.82) is 0 Å². The molecule has 0 spiro atoms. The van der Waals surface area contributed by atoms with Crippen LogP contribution in [0.2, 0.25) is 0 Å². The van der Waals surface area contributed by atoms with Crippen LogP contribution >= 0.6 is 11.3 Å². The van der Waals surface area contributed by atoms with E-state index in [1.807, 2.05) is 23.3 Å². The zero-order valence-corrected chi connectivity index (χ0v) is 13.0. The maximum Gasteiger partial charge on any atom is 0.126 e. The summed E-state index contributed by atoms with van der Waals surface area (Å²) in [5.74, 6) is -1.15. The smallest absolute Gasteiger partial charge is 0.126 e. The van der Waals surface area contributed by atoms with Gasteiger partial charge in [-0.1, -0.05) is 0 Å². The van der Waals surface area contributed by atoms with Crippen molar-refractivity contribution in [2.45, 2.75) is 33.0 Å². The van der Waals surface area contributed by atoms with Gasteiger partial charge in [0.05, 0.1) is 6.10 Å². The number of hydrogen-bond donors (Lipinski definition) is 1. The van der Waals surface area contributed by atoms with E-state index in [2.05, 4.69) is 0 Å². The molecule has 2 aromatic rings. The minimum Gasteiger partial charge on any atom is -0.392 e. The van der Waals surface area contributed by atoms with Gasteiger partial charge in [0.25, 0.3) is 0 Å². The summed E-state index contributed by atoms with van der Waals surface area (Å²) in [7, 11) is 0. The first kappa shape index (κ1) is 16.1. The molecule has 0 amide bonds. The highest BCUT2D eigenvalue weighted by atomic mass is 32.1. The van der Waals surface area contributed by atoms with E-state index in [9.17, 15) is 13.9 Å². The lowest BCUT2D eigenvalue weighted by molar-refractivity contribution is 0.118. The molecule has 0 bridgehead atoms. The molecule has 0 aliphatic carbocycles. The first-order chi connectivity index (χ1) is 9.94. The summed E-state index contributed by atoms with van der Waals surface area (Å²) in [6.45, 7) is 5.26. The van der Waals surface area contributed by atoms with Crippen LogP contribution in [0.3, 0.4) is 0 Å². The molecular formula is C16H19F2NOS. The number of aliphatic hydroxyl groups is 1. The van der Waals surface area contributed by atoms with E-state index in [1.54, 1.807) is 18.3 Å². The van der Waals surface area contributed by atoms with E-state index in [4.69, 9.17) is 0 Å². The molecule has 1 aromatic carbocycles. The van der Waals surface area contributed by atoms with Crippen molar-refractivity contribution in [3.8, 4) is 0 Å². The van der Waals surface area contributed by atoms with Crippen LogP contribution in [0.15, 0.2) is 29.6 Å². The number of rotatable bonds is 6. The molecule has 0 saturated carbocycles.